The van der Waals surface area contributed by atoms with E-state index in [1.54, 1.807) is 35.2 Å². The van der Waals surface area contributed by atoms with Gasteiger partial charge in [0.25, 0.3) is 5.91 Å². The number of carboxylic acids is 1. The molecule has 0 atom stereocenters. The Hall–Kier alpha value is -4.65. The SMILES string of the molecule is Cn1c(CN(C(=O)c2ccccc2)c2ccc(-c3ccc(C(=O)O)o3)cc2)nc2ccccc21. The van der Waals surface area contributed by atoms with Crippen LogP contribution in [-0.4, -0.2) is 26.5 Å². The van der Waals surface area contributed by atoms with Gasteiger partial charge in [-0.05, 0) is 60.7 Å². The van der Waals surface area contributed by atoms with Crippen molar-refractivity contribution in [2.45, 2.75) is 6.54 Å². The summed E-state index contributed by atoms with van der Waals surface area (Å²) in [5, 5.41) is 9.10. The topological polar surface area (TPSA) is 88.6 Å². The smallest absolute Gasteiger partial charge is 0.371 e. The van der Waals surface area contributed by atoms with Crippen LogP contribution >= 0.6 is 0 Å². The molecule has 0 saturated carbocycles. The van der Waals surface area contributed by atoms with Crippen molar-refractivity contribution in [1.82, 2.24) is 9.55 Å². The number of anilines is 1. The van der Waals surface area contributed by atoms with Crippen molar-refractivity contribution in [1.29, 1.82) is 0 Å². The van der Waals surface area contributed by atoms with Crippen molar-refractivity contribution in [3.63, 3.8) is 0 Å². The largest absolute Gasteiger partial charge is 0.475 e. The van der Waals surface area contributed by atoms with Crippen LogP contribution in [0.3, 0.4) is 0 Å². The lowest BCUT2D eigenvalue weighted by Gasteiger charge is -2.23. The second kappa shape index (κ2) is 8.71. The monoisotopic (exact) mass is 451 g/mol. The lowest BCUT2D eigenvalue weighted by molar-refractivity contribution is 0.0663. The molecule has 3 aromatic carbocycles. The van der Waals surface area contributed by atoms with Crippen molar-refractivity contribution in [3.05, 3.63) is 108 Å². The number of aromatic carboxylic acids is 1. The van der Waals surface area contributed by atoms with E-state index in [0.29, 0.717) is 22.6 Å². The van der Waals surface area contributed by atoms with Crippen LogP contribution in [0, 0.1) is 0 Å². The highest BCUT2D eigenvalue weighted by molar-refractivity contribution is 6.06. The van der Waals surface area contributed by atoms with Crippen molar-refractivity contribution in [3.8, 4) is 11.3 Å². The van der Waals surface area contributed by atoms with Gasteiger partial charge in [0, 0.05) is 23.9 Å². The molecule has 0 fully saturated rings. The quantitative estimate of drug-likeness (QED) is 0.375. The zero-order valence-electron chi connectivity index (χ0n) is 18.4. The van der Waals surface area contributed by atoms with E-state index in [1.165, 1.54) is 6.07 Å². The molecule has 2 heterocycles. The fourth-order valence-electron chi connectivity index (χ4n) is 3.91. The Kier molecular flexibility index (Phi) is 5.43. The highest BCUT2D eigenvalue weighted by Crippen LogP contribution is 2.27. The molecule has 0 unspecified atom stereocenters. The average Bonchev–Trinajstić information content (AvgIpc) is 3.49. The van der Waals surface area contributed by atoms with Gasteiger partial charge < -0.3 is 19.0 Å². The molecular formula is C27H21N3O4. The normalized spacial score (nSPS) is 11.0. The number of furan rings is 1. The maximum Gasteiger partial charge on any atom is 0.371 e. The van der Waals surface area contributed by atoms with Crippen LogP contribution in [0.15, 0.2) is 95.4 Å². The molecule has 2 aromatic heterocycles. The number of aryl methyl sites for hydroxylation is 1. The highest BCUT2D eigenvalue weighted by atomic mass is 16.4. The minimum atomic E-state index is -1.12. The van der Waals surface area contributed by atoms with E-state index in [4.69, 9.17) is 14.5 Å². The Balaban J connectivity index is 1.51. The second-order valence-electron chi connectivity index (χ2n) is 7.85. The Morgan fingerprint density at radius 2 is 1.62 bits per heavy atom. The lowest BCUT2D eigenvalue weighted by Crippen LogP contribution is -2.31. The van der Waals surface area contributed by atoms with Crippen molar-refractivity contribution < 1.29 is 19.1 Å². The number of carbonyl (C=O) groups excluding carboxylic acids is 1. The van der Waals surface area contributed by atoms with Gasteiger partial charge in [-0.1, -0.05) is 30.3 Å². The minimum absolute atomic E-state index is 0.123. The summed E-state index contributed by atoms with van der Waals surface area (Å²) in [6.45, 7) is 0.280. The maximum atomic E-state index is 13.5. The summed E-state index contributed by atoms with van der Waals surface area (Å²) in [6, 6.07) is 27.3. The number of nitrogens with zero attached hydrogens (tertiary/aromatic N) is 3. The number of fused-ring (bicyclic) bond motifs is 1. The first kappa shape index (κ1) is 21.2. The molecule has 0 aliphatic rings. The predicted molar refractivity (Wildman–Crippen MR) is 129 cm³/mol. The van der Waals surface area contributed by atoms with Gasteiger partial charge in [-0.25, -0.2) is 9.78 Å². The van der Waals surface area contributed by atoms with Gasteiger partial charge in [-0.15, -0.1) is 0 Å². The van der Waals surface area contributed by atoms with Gasteiger partial charge in [0.1, 0.15) is 11.6 Å². The third kappa shape index (κ3) is 3.95. The molecule has 7 nitrogen and oxygen atoms in total. The molecule has 0 radical (unpaired) electrons. The molecule has 7 heteroatoms. The molecular weight excluding hydrogens is 430 g/mol. The summed E-state index contributed by atoms with van der Waals surface area (Å²) in [6.07, 6.45) is 0. The number of imidazole rings is 1. The van der Waals surface area contributed by atoms with Crippen LogP contribution in [0.25, 0.3) is 22.4 Å². The van der Waals surface area contributed by atoms with Crippen LogP contribution < -0.4 is 4.90 Å². The van der Waals surface area contributed by atoms with Crippen molar-refractivity contribution in [2.75, 3.05) is 4.90 Å². The minimum Gasteiger partial charge on any atom is -0.475 e. The first-order chi connectivity index (χ1) is 16.5. The Labute approximate surface area is 195 Å². The maximum absolute atomic E-state index is 13.5. The summed E-state index contributed by atoms with van der Waals surface area (Å²) in [7, 11) is 1.94. The first-order valence-corrected chi connectivity index (χ1v) is 10.7. The fraction of sp³-hybridized carbons (Fsp3) is 0.0741. The summed E-state index contributed by atoms with van der Waals surface area (Å²) in [5.41, 5.74) is 3.84. The van der Waals surface area contributed by atoms with Crippen molar-refractivity contribution >= 4 is 28.6 Å². The number of carboxylic acid groups (broad SMARTS) is 1. The van der Waals surface area contributed by atoms with E-state index in [2.05, 4.69) is 0 Å². The molecule has 0 aliphatic heterocycles. The zero-order valence-corrected chi connectivity index (χ0v) is 18.4. The zero-order chi connectivity index (χ0) is 23.7. The van der Waals surface area contributed by atoms with Crippen LogP contribution in [0.2, 0.25) is 0 Å². The Morgan fingerprint density at radius 3 is 2.29 bits per heavy atom. The number of hydrogen-bond acceptors (Lipinski definition) is 4. The third-order valence-corrected chi connectivity index (χ3v) is 5.73. The molecule has 0 saturated heterocycles. The molecule has 1 amide bonds. The number of para-hydroxylation sites is 2. The van der Waals surface area contributed by atoms with Gasteiger partial charge in [-0.3, -0.25) is 4.79 Å². The standard InChI is InChI=1S/C27H21N3O4/c1-29-22-10-6-5-9-21(22)28-25(29)17-30(26(31)19-7-3-2-4-8-19)20-13-11-18(12-14-20)23-15-16-24(34-23)27(32)33/h2-16H,17H2,1H3,(H,32,33). The molecule has 5 rings (SSSR count). The Bertz CT molecular complexity index is 1480. The van der Waals surface area contributed by atoms with Crippen LogP contribution in [0.5, 0.6) is 0 Å². The summed E-state index contributed by atoms with van der Waals surface area (Å²) in [4.78, 5) is 31.1. The molecule has 0 bridgehead atoms. The van der Waals surface area contributed by atoms with Gasteiger partial charge in [-0.2, -0.15) is 0 Å². The van der Waals surface area contributed by atoms with Gasteiger partial charge in [0.15, 0.2) is 0 Å². The second-order valence-corrected chi connectivity index (χ2v) is 7.85. The first-order valence-electron chi connectivity index (χ1n) is 10.7. The van der Waals surface area contributed by atoms with E-state index in [-0.39, 0.29) is 18.2 Å². The molecule has 0 aliphatic carbocycles. The van der Waals surface area contributed by atoms with Gasteiger partial charge in [0.05, 0.1) is 17.6 Å². The number of amides is 1. The molecule has 34 heavy (non-hydrogen) atoms. The summed E-state index contributed by atoms with van der Waals surface area (Å²) in [5.74, 6) is -0.190. The number of aromatic nitrogens is 2. The van der Waals surface area contributed by atoms with E-state index in [1.807, 2.05) is 66.2 Å². The number of rotatable bonds is 6. The number of carbonyl (C=O) groups is 2. The van der Waals surface area contributed by atoms with Crippen LogP contribution in [0.4, 0.5) is 5.69 Å². The summed E-state index contributed by atoms with van der Waals surface area (Å²) < 4.78 is 7.39. The van der Waals surface area contributed by atoms with Crippen molar-refractivity contribution in [2.24, 2.45) is 7.05 Å². The van der Waals surface area contributed by atoms with Crippen LogP contribution in [-0.2, 0) is 13.6 Å². The molecule has 0 spiro atoms. The predicted octanol–water partition coefficient (Wildman–Crippen LogP) is 5.38. The van der Waals surface area contributed by atoms with Gasteiger partial charge in [0.2, 0.25) is 5.76 Å². The molecule has 1 N–H and O–H groups in total. The lowest BCUT2D eigenvalue weighted by atomic mass is 10.1. The van der Waals surface area contributed by atoms with Crippen LogP contribution in [0.1, 0.15) is 26.7 Å². The fourth-order valence-corrected chi connectivity index (χ4v) is 3.91. The third-order valence-electron chi connectivity index (χ3n) is 5.73. The highest BCUT2D eigenvalue weighted by Gasteiger charge is 2.21. The Morgan fingerprint density at radius 1 is 0.912 bits per heavy atom. The van der Waals surface area contributed by atoms with E-state index >= 15 is 0 Å². The van der Waals surface area contributed by atoms with E-state index in [0.717, 1.165) is 16.9 Å². The number of benzene rings is 3. The molecule has 168 valence electrons. The van der Waals surface area contributed by atoms with Gasteiger partial charge >= 0.3 is 5.97 Å². The summed E-state index contributed by atoms with van der Waals surface area (Å²) >= 11 is 0. The molecule has 5 aromatic rings. The van der Waals surface area contributed by atoms with E-state index < -0.39 is 5.97 Å². The van der Waals surface area contributed by atoms with E-state index in [9.17, 15) is 9.59 Å². The number of hydrogen-bond donors (Lipinski definition) is 1. The average molecular weight is 451 g/mol.